The molecule has 5 heteroatoms. The van der Waals surface area contributed by atoms with Gasteiger partial charge < -0.3 is 5.11 Å². The van der Waals surface area contributed by atoms with E-state index in [1.807, 2.05) is 0 Å². The number of aliphatic hydroxyl groups is 1. The van der Waals surface area contributed by atoms with Crippen LogP contribution in [0.4, 0.5) is 0 Å². The number of hydrogen-bond acceptors (Lipinski definition) is 3. The Morgan fingerprint density at radius 1 is 1.39 bits per heavy atom. The highest BCUT2D eigenvalue weighted by atomic mass is 32.2. The summed E-state index contributed by atoms with van der Waals surface area (Å²) in [6.07, 6.45) is 0. The summed E-state index contributed by atoms with van der Waals surface area (Å²) in [5.74, 6) is -0.0649. The number of hydrogen-bond donors (Lipinski definition) is 1. The second kappa shape index (κ2) is 6.13. The van der Waals surface area contributed by atoms with Crippen molar-refractivity contribution >= 4 is 10.0 Å². The summed E-state index contributed by atoms with van der Waals surface area (Å²) >= 11 is 0. The van der Waals surface area contributed by atoms with E-state index < -0.39 is 10.0 Å². The first-order chi connectivity index (χ1) is 8.35. The van der Waals surface area contributed by atoms with Crippen LogP contribution in [0.3, 0.4) is 0 Å². The summed E-state index contributed by atoms with van der Waals surface area (Å²) in [6.45, 7) is 5.73. The number of nitrogens with zero attached hydrogens (tertiary/aromatic N) is 1. The van der Waals surface area contributed by atoms with Crippen LogP contribution in [0.25, 0.3) is 0 Å². The monoisotopic (exact) mass is 269 g/mol. The third-order valence-electron chi connectivity index (χ3n) is 2.49. The molecule has 0 spiro atoms. The predicted octanol–water partition coefficient (Wildman–Crippen LogP) is 1.52. The van der Waals surface area contributed by atoms with Gasteiger partial charge in [0, 0.05) is 13.6 Å². The van der Waals surface area contributed by atoms with Crippen LogP contribution < -0.4 is 0 Å². The van der Waals surface area contributed by atoms with Crippen molar-refractivity contribution in [3.05, 3.63) is 47.5 Å². The van der Waals surface area contributed by atoms with Crippen molar-refractivity contribution in [3.63, 3.8) is 0 Å². The quantitative estimate of drug-likeness (QED) is 0.797. The highest BCUT2D eigenvalue weighted by Gasteiger charge is 2.18. The second-order valence-electron chi connectivity index (χ2n) is 4.45. The molecule has 4 nitrogen and oxygen atoms in total. The zero-order valence-corrected chi connectivity index (χ0v) is 11.6. The summed E-state index contributed by atoms with van der Waals surface area (Å²) < 4.78 is 25.4. The lowest BCUT2D eigenvalue weighted by Gasteiger charge is -2.17. The van der Waals surface area contributed by atoms with Crippen molar-refractivity contribution in [2.45, 2.75) is 19.3 Å². The third-order valence-corrected chi connectivity index (χ3v) is 4.27. The van der Waals surface area contributed by atoms with E-state index in [1.165, 1.54) is 4.31 Å². The zero-order chi connectivity index (χ0) is 13.8. The molecule has 0 unspecified atom stereocenters. The average Bonchev–Trinajstić information content (AvgIpc) is 2.27. The van der Waals surface area contributed by atoms with Gasteiger partial charge in [-0.15, -0.1) is 0 Å². The van der Waals surface area contributed by atoms with Crippen LogP contribution in [0.2, 0.25) is 0 Å². The largest absolute Gasteiger partial charge is 0.392 e. The third kappa shape index (κ3) is 4.25. The van der Waals surface area contributed by atoms with Crippen molar-refractivity contribution in [3.8, 4) is 0 Å². The van der Waals surface area contributed by atoms with Gasteiger partial charge in [0.1, 0.15) is 0 Å². The molecule has 0 saturated carbocycles. The fourth-order valence-electron chi connectivity index (χ4n) is 1.62. The maximum atomic E-state index is 12.1. The van der Waals surface area contributed by atoms with E-state index in [2.05, 4.69) is 6.58 Å². The van der Waals surface area contributed by atoms with Crippen LogP contribution in [0.15, 0.2) is 36.4 Å². The van der Waals surface area contributed by atoms with Gasteiger partial charge in [0.2, 0.25) is 10.0 Å². The highest BCUT2D eigenvalue weighted by molar-refractivity contribution is 7.88. The molecular weight excluding hydrogens is 250 g/mol. The maximum absolute atomic E-state index is 12.1. The van der Waals surface area contributed by atoms with Crippen LogP contribution in [-0.4, -0.2) is 31.4 Å². The van der Waals surface area contributed by atoms with E-state index in [4.69, 9.17) is 5.11 Å². The van der Waals surface area contributed by atoms with Crippen molar-refractivity contribution in [1.82, 2.24) is 4.31 Å². The van der Waals surface area contributed by atoms with Crippen molar-refractivity contribution in [2.24, 2.45) is 0 Å². The van der Waals surface area contributed by atoms with Crippen LogP contribution >= 0.6 is 0 Å². The summed E-state index contributed by atoms with van der Waals surface area (Å²) in [6, 6.07) is 6.94. The van der Waals surface area contributed by atoms with Gasteiger partial charge in [-0.1, -0.05) is 36.4 Å². The molecular formula is C13H19NO3S. The minimum Gasteiger partial charge on any atom is -0.392 e. The minimum atomic E-state index is -3.34. The maximum Gasteiger partial charge on any atom is 0.218 e. The van der Waals surface area contributed by atoms with Gasteiger partial charge in [-0.25, -0.2) is 12.7 Å². The smallest absolute Gasteiger partial charge is 0.218 e. The first-order valence-electron chi connectivity index (χ1n) is 5.62. The molecule has 0 saturated heterocycles. The van der Waals surface area contributed by atoms with E-state index in [9.17, 15) is 8.42 Å². The van der Waals surface area contributed by atoms with E-state index >= 15 is 0 Å². The Hall–Kier alpha value is -1.17. The lowest BCUT2D eigenvalue weighted by Crippen LogP contribution is -2.29. The second-order valence-corrected chi connectivity index (χ2v) is 6.52. The zero-order valence-electron chi connectivity index (χ0n) is 10.8. The van der Waals surface area contributed by atoms with Gasteiger partial charge in [0.05, 0.1) is 12.4 Å². The number of likely N-dealkylation sites (N-methyl/N-ethyl adjacent to an activating group) is 1. The molecule has 1 aromatic carbocycles. The van der Waals surface area contributed by atoms with Crippen LogP contribution in [-0.2, 0) is 22.4 Å². The molecule has 1 rings (SSSR count). The van der Waals surface area contributed by atoms with Crippen LogP contribution in [0, 0.1) is 0 Å². The fourth-order valence-corrected chi connectivity index (χ4v) is 2.86. The fraction of sp³-hybridized carbons (Fsp3) is 0.385. The Morgan fingerprint density at radius 3 is 2.56 bits per heavy atom. The molecule has 100 valence electrons. The summed E-state index contributed by atoms with van der Waals surface area (Å²) in [7, 11) is -1.80. The number of sulfonamides is 1. The van der Waals surface area contributed by atoms with E-state index in [0.717, 1.165) is 5.57 Å². The minimum absolute atomic E-state index is 0.0649. The number of aliphatic hydroxyl groups excluding tert-OH is 1. The number of benzene rings is 1. The molecule has 0 heterocycles. The Bertz CT molecular complexity index is 523. The molecule has 0 aliphatic rings. The average molecular weight is 269 g/mol. The van der Waals surface area contributed by atoms with E-state index in [0.29, 0.717) is 17.7 Å². The van der Waals surface area contributed by atoms with Gasteiger partial charge in [-0.3, -0.25) is 0 Å². The van der Waals surface area contributed by atoms with Crippen molar-refractivity contribution in [1.29, 1.82) is 0 Å². The molecule has 1 N–H and O–H groups in total. The van der Waals surface area contributed by atoms with Gasteiger partial charge in [-0.05, 0) is 18.1 Å². The van der Waals surface area contributed by atoms with Gasteiger partial charge in [0.25, 0.3) is 0 Å². The van der Waals surface area contributed by atoms with Crippen LogP contribution in [0.5, 0.6) is 0 Å². The lowest BCUT2D eigenvalue weighted by atomic mass is 10.1. The Labute approximate surface area is 109 Å². The molecule has 0 aliphatic heterocycles. The Kier molecular flexibility index (Phi) is 5.07. The standard InChI is InChI=1S/C13H19NO3S/c1-11(2)8-14(3)18(16,17)10-13-6-4-5-12(7-13)9-15/h4-7,15H,1,8-10H2,2-3H3. The van der Waals surface area contributed by atoms with Crippen molar-refractivity contribution in [2.75, 3.05) is 13.6 Å². The summed E-state index contributed by atoms with van der Waals surface area (Å²) in [5.41, 5.74) is 2.19. The Balaban J connectivity index is 2.84. The molecule has 0 aromatic heterocycles. The highest BCUT2D eigenvalue weighted by Crippen LogP contribution is 2.12. The van der Waals surface area contributed by atoms with E-state index in [-0.39, 0.29) is 12.4 Å². The molecule has 0 radical (unpaired) electrons. The van der Waals surface area contributed by atoms with E-state index in [1.54, 1.807) is 38.2 Å². The molecule has 18 heavy (non-hydrogen) atoms. The molecule has 0 aliphatic carbocycles. The van der Waals surface area contributed by atoms with Crippen molar-refractivity contribution < 1.29 is 13.5 Å². The molecule has 0 fully saturated rings. The molecule has 1 aromatic rings. The van der Waals surface area contributed by atoms with Gasteiger partial charge in [0.15, 0.2) is 0 Å². The normalized spacial score (nSPS) is 11.8. The summed E-state index contributed by atoms with van der Waals surface area (Å²) in [4.78, 5) is 0. The lowest BCUT2D eigenvalue weighted by molar-refractivity contribution is 0.281. The Morgan fingerprint density at radius 2 is 2.00 bits per heavy atom. The predicted molar refractivity (Wildman–Crippen MR) is 72.4 cm³/mol. The molecule has 0 atom stereocenters. The topological polar surface area (TPSA) is 57.6 Å². The van der Waals surface area contributed by atoms with Gasteiger partial charge in [-0.2, -0.15) is 0 Å². The van der Waals surface area contributed by atoms with Gasteiger partial charge >= 0.3 is 0 Å². The molecule has 0 bridgehead atoms. The molecule has 0 amide bonds. The first-order valence-corrected chi connectivity index (χ1v) is 7.23. The first kappa shape index (κ1) is 14.9. The SMILES string of the molecule is C=C(C)CN(C)S(=O)(=O)Cc1cccc(CO)c1. The number of rotatable bonds is 6. The van der Waals surface area contributed by atoms with Crippen LogP contribution in [0.1, 0.15) is 18.1 Å². The summed E-state index contributed by atoms with van der Waals surface area (Å²) in [5, 5.41) is 9.02.